The fourth-order valence-electron chi connectivity index (χ4n) is 3.77. The molecular weight excluding hydrogens is 338 g/mol. The van der Waals surface area contributed by atoms with Crippen LogP contribution in [0, 0.1) is 0 Å². The molecule has 1 aromatic carbocycles. The molecule has 0 aromatic heterocycles. The molecule has 1 aromatic rings. The van der Waals surface area contributed by atoms with E-state index in [1.165, 1.54) is 5.56 Å². The highest BCUT2D eigenvalue weighted by Crippen LogP contribution is 2.28. The van der Waals surface area contributed by atoms with E-state index in [0.29, 0.717) is 5.92 Å². The van der Waals surface area contributed by atoms with Crippen molar-refractivity contribution in [3.8, 4) is 0 Å². The van der Waals surface area contributed by atoms with E-state index in [1.54, 1.807) is 6.92 Å². The lowest BCUT2D eigenvalue weighted by atomic mass is 9.91. The molecule has 1 atom stereocenters. The van der Waals surface area contributed by atoms with E-state index >= 15 is 0 Å². The Kier molecular flexibility index (Phi) is 5.84. The molecule has 0 unspecified atom stereocenters. The van der Waals surface area contributed by atoms with Gasteiger partial charge in [0, 0.05) is 50.1 Å². The van der Waals surface area contributed by atoms with Crippen molar-refractivity contribution in [3.63, 3.8) is 0 Å². The van der Waals surface area contributed by atoms with Gasteiger partial charge in [0.15, 0.2) is 0 Å². The number of likely N-dealkylation sites (tertiary alicyclic amines) is 2. The third-order valence-corrected chi connectivity index (χ3v) is 5.57. The largest absolute Gasteiger partial charge is 0.343 e. The molecule has 2 saturated heterocycles. The summed E-state index contributed by atoms with van der Waals surface area (Å²) in [4.78, 5) is 27.8. The minimum Gasteiger partial charge on any atom is -0.343 e. The Hall–Kier alpha value is -1.75. The molecule has 25 heavy (non-hydrogen) atoms. The fraction of sp³-hybridized carbons (Fsp3) is 0.579. The van der Waals surface area contributed by atoms with Crippen LogP contribution in [0.2, 0.25) is 5.02 Å². The highest BCUT2D eigenvalue weighted by atomic mass is 35.5. The van der Waals surface area contributed by atoms with Gasteiger partial charge in [-0.1, -0.05) is 23.7 Å². The van der Waals surface area contributed by atoms with Crippen LogP contribution in [-0.4, -0.2) is 54.0 Å². The summed E-state index contributed by atoms with van der Waals surface area (Å²) in [5.74, 6) is 0.489. The van der Waals surface area contributed by atoms with Gasteiger partial charge in [-0.3, -0.25) is 4.79 Å². The van der Waals surface area contributed by atoms with Gasteiger partial charge < -0.3 is 15.1 Å². The summed E-state index contributed by atoms with van der Waals surface area (Å²) >= 11 is 5.97. The Morgan fingerprint density at radius 3 is 2.36 bits per heavy atom. The number of carbonyl (C=O) groups excluding carboxylic acids is 2. The maximum Gasteiger partial charge on any atom is 0.317 e. The fourth-order valence-corrected chi connectivity index (χ4v) is 3.90. The van der Waals surface area contributed by atoms with Crippen molar-refractivity contribution in [3.05, 3.63) is 34.9 Å². The third kappa shape index (κ3) is 4.66. The van der Waals surface area contributed by atoms with Crippen molar-refractivity contribution in [1.29, 1.82) is 0 Å². The van der Waals surface area contributed by atoms with Crippen LogP contribution in [0.4, 0.5) is 4.79 Å². The van der Waals surface area contributed by atoms with Crippen LogP contribution in [0.3, 0.4) is 0 Å². The number of hydrogen-bond acceptors (Lipinski definition) is 2. The zero-order valence-corrected chi connectivity index (χ0v) is 15.5. The van der Waals surface area contributed by atoms with Gasteiger partial charge in [-0.25, -0.2) is 4.79 Å². The van der Waals surface area contributed by atoms with Crippen LogP contribution in [0.25, 0.3) is 0 Å². The summed E-state index contributed by atoms with van der Waals surface area (Å²) in [6.07, 6.45) is 3.78. The lowest BCUT2D eigenvalue weighted by molar-refractivity contribution is -0.129. The number of nitrogens with zero attached hydrogens (tertiary/aromatic N) is 2. The molecule has 5 nitrogen and oxygen atoms in total. The van der Waals surface area contributed by atoms with Gasteiger partial charge in [-0.15, -0.1) is 0 Å². The average Bonchev–Trinajstić information content (AvgIpc) is 2.63. The van der Waals surface area contributed by atoms with Crippen molar-refractivity contribution in [2.24, 2.45) is 0 Å². The number of hydrogen-bond donors (Lipinski definition) is 1. The molecule has 2 fully saturated rings. The third-order valence-electron chi connectivity index (χ3n) is 5.32. The van der Waals surface area contributed by atoms with E-state index in [4.69, 9.17) is 11.6 Å². The van der Waals surface area contributed by atoms with E-state index in [2.05, 4.69) is 17.4 Å². The Morgan fingerprint density at radius 1 is 1.04 bits per heavy atom. The van der Waals surface area contributed by atoms with Gasteiger partial charge in [-0.05, 0) is 43.4 Å². The molecular formula is C19H26ClN3O2. The maximum absolute atomic E-state index is 12.6. The van der Waals surface area contributed by atoms with Gasteiger partial charge in [-0.2, -0.15) is 0 Å². The second-order valence-electron chi connectivity index (χ2n) is 7.07. The monoisotopic (exact) mass is 363 g/mol. The number of piperidine rings is 2. The Balaban J connectivity index is 1.52. The first-order chi connectivity index (χ1) is 12.0. The average molecular weight is 364 g/mol. The molecule has 3 rings (SSSR count). The Bertz CT molecular complexity index is 612. The zero-order valence-electron chi connectivity index (χ0n) is 14.7. The van der Waals surface area contributed by atoms with Crippen LogP contribution < -0.4 is 5.32 Å². The maximum atomic E-state index is 12.6. The number of halogens is 1. The summed E-state index contributed by atoms with van der Waals surface area (Å²) in [7, 11) is 0. The lowest BCUT2D eigenvalue weighted by Gasteiger charge is -2.36. The summed E-state index contributed by atoms with van der Waals surface area (Å²) in [5, 5.41) is 3.90. The molecule has 136 valence electrons. The first kappa shape index (κ1) is 18.1. The van der Waals surface area contributed by atoms with Gasteiger partial charge in [0.1, 0.15) is 0 Å². The second kappa shape index (κ2) is 8.09. The Morgan fingerprint density at radius 2 is 1.72 bits per heavy atom. The molecule has 0 spiro atoms. The van der Waals surface area contributed by atoms with Gasteiger partial charge in [0.05, 0.1) is 0 Å². The molecule has 3 amide bonds. The molecule has 2 aliphatic heterocycles. The van der Waals surface area contributed by atoms with Crippen molar-refractivity contribution < 1.29 is 9.59 Å². The summed E-state index contributed by atoms with van der Waals surface area (Å²) in [6.45, 7) is 4.62. The molecule has 0 bridgehead atoms. The number of benzene rings is 1. The van der Waals surface area contributed by atoms with E-state index < -0.39 is 0 Å². The van der Waals surface area contributed by atoms with E-state index in [0.717, 1.165) is 56.9 Å². The van der Waals surface area contributed by atoms with Gasteiger partial charge >= 0.3 is 6.03 Å². The quantitative estimate of drug-likeness (QED) is 0.877. The number of nitrogens with one attached hydrogen (secondary N) is 1. The first-order valence-corrected chi connectivity index (χ1v) is 9.47. The normalized spacial score (nSPS) is 21.9. The van der Waals surface area contributed by atoms with Gasteiger partial charge in [0.2, 0.25) is 5.91 Å². The smallest absolute Gasteiger partial charge is 0.317 e. The second-order valence-corrected chi connectivity index (χ2v) is 7.50. The number of carbonyl (C=O) groups is 2. The highest BCUT2D eigenvalue weighted by Gasteiger charge is 2.27. The molecule has 6 heteroatoms. The minimum absolute atomic E-state index is 0.0277. The van der Waals surface area contributed by atoms with E-state index in [-0.39, 0.29) is 18.0 Å². The summed E-state index contributed by atoms with van der Waals surface area (Å²) in [6, 6.07) is 8.15. The van der Waals surface area contributed by atoms with Crippen molar-refractivity contribution >= 4 is 23.5 Å². The SMILES string of the molecule is CC(=O)N1CCC(NC(=O)N2CCC[C@H](c3ccc(Cl)cc3)C2)CC1. The minimum atomic E-state index is 0.0277. The number of urea groups is 1. The lowest BCUT2D eigenvalue weighted by Crippen LogP contribution is -2.51. The highest BCUT2D eigenvalue weighted by molar-refractivity contribution is 6.30. The molecule has 1 N–H and O–H groups in total. The zero-order chi connectivity index (χ0) is 17.8. The Labute approximate surface area is 154 Å². The molecule has 2 heterocycles. The van der Waals surface area contributed by atoms with E-state index in [1.807, 2.05) is 21.9 Å². The van der Waals surface area contributed by atoms with Crippen LogP contribution in [-0.2, 0) is 4.79 Å². The first-order valence-electron chi connectivity index (χ1n) is 9.09. The molecule has 2 aliphatic rings. The van der Waals surface area contributed by atoms with Crippen LogP contribution >= 0.6 is 11.6 Å². The molecule has 0 aliphatic carbocycles. The van der Waals surface area contributed by atoms with Gasteiger partial charge in [0.25, 0.3) is 0 Å². The summed E-state index contributed by atoms with van der Waals surface area (Å²) in [5.41, 5.74) is 1.25. The predicted molar refractivity (Wildman–Crippen MR) is 98.8 cm³/mol. The van der Waals surface area contributed by atoms with Crippen molar-refractivity contribution in [2.45, 2.75) is 44.6 Å². The van der Waals surface area contributed by atoms with Crippen LogP contribution in [0.1, 0.15) is 44.1 Å². The predicted octanol–water partition coefficient (Wildman–Crippen LogP) is 3.24. The summed E-state index contributed by atoms with van der Waals surface area (Å²) < 4.78 is 0. The number of amides is 3. The van der Waals surface area contributed by atoms with Crippen LogP contribution in [0.5, 0.6) is 0 Å². The van der Waals surface area contributed by atoms with E-state index in [9.17, 15) is 9.59 Å². The van der Waals surface area contributed by atoms with Crippen molar-refractivity contribution in [1.82, 2.24) is 15.1 Å². The molecule has 0 saturated carbocycles. The standard InChI is InChI=1S/C19H26ClN3O2/c1-14(24)22-11-8-18(9-12-22)21-19(25)23-10-2-3-16(13-23)15-4-6-17(20)7-5-15/h4-7,16,18H,2-3,8-13H2,1H3,(H,21,25)/t16-/m0/s1. The van der Waals surface area contributed by atoms with Crippen LogP contribution in [0.15, 0.2) is 24.3 Å². The topological polar surface area (TPSA) is 52.7 Å². The molecule has 0 radical (unpaired) electrons. The number of rotatable bonds is 2. The van der Waals surface area contributed by atoms with Crippen molar-refractivity contribution in [2.75, 3.05) is 26.2 Å².